The highest BCUT2D eigenvalue weighted by Crippen LogP contribution is 2.15. The first-order valence-electron chi connectivity index (χ1n) is 5.30. The lowest BCUT2D eigenvalue weighted by Gasteiger charge is -2.29. The normalized spacial score (nSPS) is 29.6. The third-order valence-electron chi connectivity index (χ3n) is 2.62. The lowest BCUT2D eigenvalue weighted by Crippen LogP contribution is -2.51. The van der Waals surface area contributed by atoms with Gasteiger partial charge in [-0.2, -0.15) is 0 Å². The maximum atomic E-state index is 11.6. The van der Waals surface area contributed by atoms with E-state index in [9.17, 15) is 4.79 Å². The molecule has 82 valence electrons. The minimum Gasteiger partial charge on any atom is -0.392 e. The van der Waals surface area contributed by atoms with Crippen LogP contribution >= 0.6 is 0 Å². The van der Waals surface area contributed by atoms with Crippen LogP contribution in [0.25, 0.3) is 0 Å². The number of aliphatic hydroxyl groups is 1. The van der Waals surface area contributed by atoms with Crippen molar-refractivity contribution >= 4 is 5.91 Å². The molecule has 1 fully saturated rings. The molecule has 0 aliphatic carbocycles. The molecule has 3 atom stereocenters. The van der Waals surface area contributed by atoms with Crippen LogP contribution in [0.3, 0.4) is 0 Å². The predicted molar refractivity (Wildman–Crippen MR) is 54.9 cm³/mol. The first kappa shape index (κ1) is 11.5. The van der Waals surface area contributed by atoms with Crippen LogP contribution in [0.5, 0.6) is 0 Å². The summed E-state index contributed by atoms with van der Waals surface area (Å²) in [5, 5.41) is 15.0. The summed E-state index contributed by atoms with van der Waals surface area (Å²) in [4.78, 5) is 11.6. The second-order valence-electron chi connectivity index (χ2n) is 4.15. The molecule has 1 aliphatic heterocycles. The summed E-state index contributed by atoms with van der Waals surface area (Å²) in [6, 6.07) is -0.0810. The van der Waals surface area contributed by atoms with Crippen LogP contribution in [0, 0.1) is 5.92 Å². The van der Waals surface area contributed by atoms with Gasteiger partial charge in [-0.25, -0.2) is 0 Å². The fraction of sp³-hybridized carbons (Fsp3) is 0.900. The van der Waals surface area contributed by atoms with E-state index in [1.807, 2.05) is 0 Å². The van der Waals surface area contributed by atoms with Gasteiger partial charge in [0, 0.05) is 6.54 Å². The molecular formula is C10H20N2O2. The summed E-state index contributed by atoms with van der Waals surface area (Å²) in [5.74, 6) is 0.399. The molecule has 0 aromatic rings. The van der Waals surface area contributed by atoms with Crippen LogP contribution in [0.15, 0.2) is 0 Å². The highest BCUT2D eigenvalue weighted by Gasteiger charge is 2.26. The van der Waals surface area contributed by atoms with Crippen LogP contribution in [-0.4, -0.2) is 36.2 Å². The van der Waals surface area contributed by atoms with Gasteiger partial charge in [0.05, 0.1) is 12.1 Å². The molecule has 1 saturated heterocycles. The SMILES string of the molecule is CC(O)CNC(=O)C1NCCCC1C. The summed E-state index contributed by atoms with van der Waals surface area (Å²) in [6.07, 6.45) is 1.76. The van der Waals surface area contributed by atoms with Crippen molar-refractivity contribution in [2.45, 2.75) is 38.8 Å². The van der Waals surface area contributed by atoms with Crippen molar-refractivity contribution in [2.75, 3.05) is 13.1 Å². The molecule has 4 heteroatoms. The molecule has 0 aromatic carbocycles. The quantitative estimate of drug-likeness (QED) is 0.595. The summed E-state index contributed by atoms with van der Waals surface area (Å²) in [6.45, 7) is 5.00. The molecule has 0 bridgehead atoms. The number of nitrogens with one attached hydrogen (secondary N) is 2. The molecule has 1 amide bonds. The lowest BCUT2D eigenvalue weighted by atomic mass is 9.92. The van der Waals surface area contributed by atoms with Crippen LogP contribution < -0.4 is 10.6 Å². The van der Waals surface area contributed by atoms with Crippen molar-refractivity contribution in [1.82, 2.24) is 10.6 Å². The van der Waals surface area contributed by atoms with Crippen LogP contribution in [-0.2, 0) is 4.79 Å². The average molecular weight is 200 g/mol. The van der Waals surface area contributed by atoms with Crippen LogP contribution in [0.2, 0.25) is 0 Å². The van der Waals surface area contributed by atoms with Crippen LogP contribution in [0.1, 0.15) is 26.7 Å². The molecule has 0 aromatic heterocycles. The van der Waals surface area contributed by atoms with E-state index in [0.29, 0.717) is 12.5 Å². The van der Waals surface area contributed by atoms with Crippen molar-refractivity contribution in [3.8, 4) is 0 Å². The Bertz CT molecular complexity index is 195. The standard InChI is InChI=1S/C10H20N2O2/c1-7-4-3-5-11-9(7)10(14)12-6-8(2)13/h7-9,11,13H,3-6H2,1-2H3,(H,12,14). The van der Waals surface area contributed by atoms with E-state index in [0.717, 1.165) is 19.4 Å². The van der Waals surface area contributed by atoms with Crippen molar-refractivity contribution in [3.63, 3.8) is 0 Å². The van der Waals surface area contributed by atoms with Crippen molar-refractivity contribution in [1.29, 1.82) is 0 Å². The zero-order chi connectivity index (χ0) is 10.6. The van der Waals surface area contributed by atoms with Gasteiger partial charge in [-0.3, -0.25) is 4.79 Å². The second kappa shape index (κ2) is 5.32. The Morgan fingerprint density at radius 2 is 2.43 bits per heavy atom. The van der Waals surface area contributed by atoms with Gasteiger partial charge in [-0.05, 0) is 32.2 Å². The van der Waals surface area contributed by atoms with E-state index in [2.05, 4.69) is 17.6 Å². The van der Waals surface area contributed by atoms with E-state index in [1.165, 1.54) is 0 Å². The molecule has 1 heterocycles. The topological polar surface area (TPSA) is 61.4 Å². The Labute approximate surface area is 85.1 Å². The largest absolute Gasteiger partial charge is 0.392 e. The predicted octanol–water partition coefficient (Wildman–Crippen LogP) is -0.128. The maximum Gasteiger partial charge on any atom is 0.237 e. The molecule has 3 unspecified atom stereocenters. The van der Waals surface area contributed by atoms with Gasteiger partial charge in [0.2, 0.25) is 5.91 Å². The van der Waals surface area contributed by atoms with Gasteiger partial charge in [0.1, 0.15) is 0 Å². The lowest BCUT2D eigenvalue weighted by molar-refractivity contribution is -0.125. The molecule has 0 spiro atoms. The Kier molecular flexibility index (Phi) is 4.35. The number of hydrogen-bond acceptors (Lipinski definition) is 3. The zero-order valence-corrected chi connectivity index (χ0v) is 8.92. The number of rotatable bonds is 3. The Balaban J connectivity index is 2.34. The second-order valence-corrected chi connectivity index (χ2v) is 4.15. The highest BCUT2D eigenvalue weighted by molar-refractivity contribution is 5.82. The monoisotopic (exact) mass is 200 g/mol. The molecule has 3 N–H and O–H groups in total. The van der Waals surface area contributed by atoms with E-state index in [4.69, 9.17) is 5.11 Å². The van der Waals surface area contributed by atoms with E-state index in [-0.39, 0.29) is 11.9 Å². The van der Waals surface area contributed by atoms with E-state index in [1.54, 1.807) is 6.92 Å². The number of piperidine rings is 1. The maximum absolute atomic E-state index is 11.6. The third-order valence-corrected chi connectivity index (χ3v) is 2.62. The summed E-state index contributed by atoms with van der Waals surface area (Å²) in [7, 11) is 0. The Morgan fingerprint density at radius 3 is 3.00 bits per heavy atom. The fourth-order valence-electron chi connectivity index (χ4n) is 1.76. The number of carbonyl (C=O) groups is 1. The molecule has 14 heavy (non-hydrogen) atoms. The first-order valence-corrected chi connectivity index (χ1v) is 5.30. The first-order chi connectivity index (χ1) is 6.61. The van der Waals surface area contributed by atoms with E-state index < -0.39 is 6.10 Å². The van der Waals surface area contributed by atoms with Gasteiger partial charge in [-0.15, -0.1) is 0 Å². The summed E-state index contributed by atoms with van der Waals surface area (Å²) >= 11 is 0. The molecule has 1 aliphatic rings. The number of amides is 1. The fourth-order valence-corrected chi connectivity index (χ4v) is 1.76. The Morgan fingerprint density at radius 1 is 1.71 bits per heavy atom. The van der Waals surface area contributed by atoms with Crippen molar-refractivity contribution < 1.29 is 9.90 Å². The van der Waals surface area contributed by atoms with Crippen molar-refractivity contribution in [2.24, 2.45) is 5.92 Å². The average Bonchev–Trinajstić information content (AvgIpc) is 2.15. The van der Waals surface area contributed by atoms with Crippen molar-refractivity contribution in [3.05, 3.63) is 0 Å². The highest BCUT2D eigenvalue weighted by atomic mass is 16.3. The molecule has 0 saturated carbocycles. The smallest absolute Gasteiger partial charge is 0.237 e. The number of hydrogen-bond donors (Lipinski definition) is 3. The van der Waals surface area contributed by atoms with Gasteiger partial charge in [0.15, 0.2) is 0 Å². The summed E-state index contributed by atoms with van der Waals surface area (Å²) < 4.78 is 0. The minimum atomic E-state index is -0.474. The summed E-state index contributed by atoms with van der Waals surface area (Å²) in [5.41, 5.74) is 0. The molecule has 4 nitrogen and oxygen atoms in total. The zero-order valence-electron chi connectivity index (χ0n) is 8.92. The minimum absolute atomic E-state index is 0.0121. The molecule has 1 rings (SSSR count). The number of aliphatic hydroxyl groups excluding tert-OH is 1. The third kappa shape index (κ3) is 3.27. The molecular weight excluding hydrogens is 180 g/mol. The van der Waals surface area contributed by atoms with Gasteiger partial charge < -0.3 is 15.7 Å². The van der Waals surface area contributed by atoms with Gasteiger partial charge in [0.25, 0.3) is 0 Å². The van der Waals surface area contributed by atoms with E-state index >= 15 is 0 Å². The van der Waals surface area contributed by atoms with Crippen LogP contribution in [0.4, 0.5) is 0 Å². The van der Waals surface area contributed by atoms with Gasteiger partial charge >= 0.3 is 0 Å². The molecule has 0 radical (unpaired) electrons. The Hall–Kier alpha value is -0.610. The van der Waals surface area contributed by atoms with Gasteiger partial charge in [-0.1, -0.05) is 6.92 Å². The number of carbonyl (C=O) groups excluding carboxylic acids is 1.